The summed E-state index contributed by atoms with van der Waals surface area (Å²) in [5, 5.41) is 22.0. The van der Waals surface area contributed by atoms with Crippen LogP contribution < -0.4 is 5.32 Å². The highest BCUT2D eigenvalue weighted by atomic mass is 35.5. The molecule has 0 aliphatic carbocycles. The fourth-order valence-corrected chi connectivity index (χ4v) is 1.87. The third kappa shape index (κ3) is 4.26. The summed E-state index contributed by atoms with van der Waals surface area (Å²) in [7, 11) is 0. The van der Waals surface area contributed by atoms with Crippen molar-refractivity contribution >= 4 is 17.3 Å². The number of nitrogens with zero attached hydrogens (tertiary/aromatic N) is 1. The molecule has 0 aromatic heterocycles. The molecule has 0 saturated carbocycles. The second-order valence-electron chi connectivity index (χ2n) is 4.46. The second kappa shape index (κ2) is 6.48. The first kappa shape index (κ1) is 13.8. The van der Waals surface area contributed by atoms with Gasteiger partial charge in [-0.25, -0.2) is 0 Å². The molecule has 1 unspecified atom stereocenters. The van der Waals surface area contributed by atoms with Gasteiger partial charge in [0.2, 0.25) is 0 Å². The highest BCUT2D eigenvalue weighted by Crippen LogP contribution is 2.22. The van der Waals surface area contributed by atoms with Gasteiger partial charge >= 0.3 is 0 Å². The predicted octanol–water partition coefficient (Wildman–Crippen LogP) is 3.03. The third-order valence-electron chi connectivity index (χ3n) is 2.44. The second-order valence-corrected chi connectivity index (χ2v) is 4.89. The largest absolute Gasteiger partial charge is 0.394 e. The molecule has 0 spiro atoms. The first-order valence-corrected chi connectivity index (χ1v) is 6.01. The summed E-state index contributed by atoms with van der Waals surface area (Å²) in [6, 6.07) is 7.12. The van der Waals surface area contributed by atoms with Crippen LogP contribution >= 0.6 is 11.6 Å². The lowest BCUT2D eigenvalue weighted by Crippen LogP contribution is -2.26. The summed E-state index contributed by atoms with van der Waals surface area (Å²) in [4.78, 5) is 0. The number of aliphatic hydroxyl groups is 1. The minimum absolute atomic E-state index is 0.0373. The topological polar surface area (TPSA) is 56.0 Å². The number of hydrogen-bond donors (Lipinski definition) is 2. The molecule has 1 aromatic carbocycles. The Kier molecular flexibility index (Phi) is 5.27. The number of nitriles is 1. The van der Waals surface area contributed by atoms with Gasteiger partial charge in [-0.05, 0) is 30.5 Å². The molecule has 0 bridgehead atoms. The zero-order chi connectivity index (χ0) is 12.8. The summed E-state index contributed by atoms with van der Waals surface area (Å²) in [5.74, 6) is 0.476. The molecule has 2 N–H and O–H groups in total. The summed E-state index contributed by atoms with van der Waals surface area (Å²) in [6.45, 7) is 4.22. The zero-order valence-corrected chi connectivity index (χ0v) is 10.8. The average Bonchev–Trinajstić information content (AvgIpc) is 2.28. The molecule has 0 saturated heterocycles. The number of benzene rings is 1. The fraction of sp³-hybridized carbons (Fsp3) is 0.462. The van der Waals surface area contributed by atoms with Gasteiger partial charge in [0.1, 0.15) is 6.07 Å². The molecule has 0 aliphatic heterocycles. The number of nitrogens with one attached hydrogen (secondary N) is 1. The minimum atomic E-state index is -0.0550. The van der Waals surface area contributed by atoms with Gasteiger partial charge in [0, 0.05) is 11.1 Å². The summed E-state index contributed by atoms with van der Waals surface area (Å²) < 4.78 is 0. The van der Waals surface area contributed by atoms with E-state index in [9.17, 15) is 5.11 Å². The fourth-order valence-electron chi connectivity index (χ4n) is 1.70. The molecular weight excluding hydrogens is 236 g/mol. The minimum Gasteiger partial charge on any atom is -0.394 e. The van der Waals surface area contributed by atoms with E-state index in [2.05, 4.69) is 25.2 Å². The quantitative estimate of drug-likeness (QED) is 0.847. The maximum Gasteiger partial charge on any atom is 0.101 e. The van der Waals surface area contributed by atoms with Crippen molar-refractivity contribution in [1.29, 1.82) is 5.26 Å². The van der Waals surface area contributed by atoms with Crippen LogP contribution in [0.3, 0.4) is 0 Å². The van der Waals surface area contributed by atoms with E-state index < -0.39 is 0 Å². The molecule has 3 nitrogen and oxygen atoms in total. The van der Waals surface area contributed by atoms with Crippen LogP contribution in [0.4, 0.5) is 5.69 Å². The zero-order valence-electron chi connectivity index (χ0n) is 10.1. The van der Waals surface area contributed by atoms with Crippen LogP contribution in [0, 0.1) is 17.2 Å². The number of rotatable bonds is 5. The molecule has 92 valence electrons. The van der Waals surface area contributed by atoms with Crippen molar-refractivity contribution in [1.82, 2.24) is 0 Å². The van der Waals surface area contributed by atoms with Crippen molar-refractivity contribution in [3.63, 3.8) is 0 Å². The van der Waals surface area contributed by atoms with Gasteiger partial charge in [-0.3, -0.25) is 0 Å². The van der Waals surface area contributed by atoms with E-state index >= 15 is 0 Å². The molecule has 1 aromatic rings. The van der Waals surface area contributed by atoms with Crippen LogP contribution in [-0.2, 0) is 0 Å². The Hall–Kier alpha value is -1.24. The Morgan fingerprint density at radius 3 is 2.71 bits per heavy atom. The summed E-state index contributed by atoms with van der Waals surface area (Å²) >= 11 is 5.89. The van der Waals surface area contributed by atoms with Gasteiger partial charge in [-0.15, -0.1) is 0 Å². The van der Waals surface area contributed by atoms with E-state index in [1.807, 2.05) is 0 Å². The maximum atomic E-state index is 9.29. The molecule has 0 aliphatic rings. The van der Waals surface area contributed by atoms with Crippen molar-refractivity contribution in [3.05, 3.63) is 28.8 Å². The Morgan fingerprint density at radius 1 is 1.47 bits per heavy atom. The molecule has 0 amide bonds. The van der Waals surface area contributed by atoms with Gasteiger partial charge in [0.25, 0.3) is 0 Å². The molecule has 1 atom stereocenters. The molecule has 0 heterocycles. The highest BCUT2D eigenvalue weighted by Gasteiger charge is 2.12. The lowest BCUT2D eigenvalue weighted by atomic mass is 10.0. The first-order chi connectivity index (χ1) is 8.06. The molecule has 4 heteroatoms. The van der Waals surface area contributed by atoms with Gasteiger partial charge in [0.15, 0.2) is 0 Å². The molecule has 17 heavy (non-hydrogen) atoms. The van der Waals surface area contributed by atoms with E-state index in [-0.39, 0.29) is 12.6 Å². The average molecular weight is 253 g/mol. The van der Waals surface area contributed by atoms with Crippen LogP contribution in [0.1, 0.15) is 25.8 Å². The monoisotopic (exact) mass is 252 g/mol. The predicted molar refractivity (Wildman–Crippen MR) is 70.1 cm³/mol. The third-order valence-corrected chi connectivity index (χ3v) is 2.67. The Morgan fingerprint density at radius 2 is 2.18 bits per heavy atom. The molecular formula is C13H17ClN2O. The smallest absolute Gasteiger partial charge is 0.101 e. The SMILES string of the molecule is CC(C)CC(CO)Nc1cc(Cl)ccc1C#N. The van der Waals surface area contributed by atoms with E-state index in [4.69, 9.17) is 16.9 Å². The summed E-state index contributed by atoms with van der Waals surface area (Å²) in [5.41, 5.74) is 1.22. The standard InChI is InChI=1S/C13H17ClN2O/c1-9(2)5-12(8-17)16-13-6-11(14)4-3-10(13)7-15/h3-4,6,9,12,16-17H,5,8H2,1-2H3. The van der Waals surface area contributed by atoms with E-state index in [1.54, 1.807) is 18.2 Å². The van der Waals surface area contributed by atoms with Crippen LogP contribution in [0.2, 0.25) is 5.02 Å². The molecule has 1 rings (SSSR count). The van der Waals surface area contributed by atoms with Gasteiger partial charge in [0.05, 0.1) is 17.9 Å². The molecule has 0 radical (unpaired) electrons. The maximum absolute atomic E-state index is 9.29. The number of aliphatic hydroxyl groups excluding tert-OH is 1. The lowest BCUT2D eigenvalue weighted by Gasteiger charge is -2.20. The Bertz CT molecular complexity index is 412. The number of halogens is 1. The Balaban J connectivity index is 2.85. The Labute approximate surface area is 107 Å². The van der Waals surface area contributed by atoms with E-state index in [0.717, 1.165) is 6.42 Å². The van der Waals surface area contributed by atoms with Crippen LogP contribution in [0.25, 0.3) is 0 Å². The number of hydrogen-bond acceptors (Lipinski definition) is 3. The van der Waals surface area contributed by atoms with Crippen LogP contribution in [-0.4, -0.2) is 17.8 Å². The number of anilines is 1. The van der Waals surface area contributed by atoms with Gasteiger partial charge < -0.3 is 10.4 Å². The first-order valence-electron chi connectivity index (χ1n) is 5.63. The lowest BCUT2D eigenvalue weighted by molar-refractivity contribution is 0.259. The van der Waals surface area contributed by atoms with Crippen LogP contribution in [0.5, 0.6) is 0 Å². The van der Waals surface area contributed by atoms with E-state index in [0.29, 0.717) is 22.2 Å². The van der Waals surface area contributed by atoms with Crippen molar-refractivity contribution in [2.45, 2.75) is 26.3 Å². The normalized spacial score (nSPS) is 12.2. The van der Waals surface area contributed by atoms with Crippen molar-refractivity contribution in [2.75, 3.05) is 11.9 Å². The van der Waals surface area contributed by atoms with Crippen LogP contribution in [0.15, 0.2) is 18.2 Å². The van der Waals surface area contributed by atoms with Gasteiger partial charge in [-0.1, -0.05) is 25.4 Å². The van der Waals surface area contributed by atoms with E-state index in [1.165, 1.54) is 0 Å². The van der Waals surface area contributed by atoms with Crippen molar-refractivity contribution in [2.24, 2.45) is 5.92 Å². The van der Waals surface area contributed by atoms with Gasteiger partial charge in [-0.2, -0.15) is 5.26 Å². The van der Waals surface area contributed by atoms with Crippen molar-refractivity contribution < 1.29 is 5.11 Å². The highest BCUT2D eigenvalue weighted by molar-refractivity contribution is 6.30. The summed E-state index contributed by atoms with van der Waals surface area (Å²) in [6.07, 6.45) is 0.841. The molecule has 0 fully saturated rings. The van der Waals surface area contributed by atoms with Crippen molar-refractivity contribution in [3.8, 4) is 6.07 Å².